The van der Waals surface area contributed by atoms with E-state index in [0.717, 1.165) is 31.6 Å². The van der Waals surface area contributed by atoms with Crippen LogP contribution < -0.4 is 5.73 Å². The third-order valence-corrected chi connectivity index (χ3v) is 4.39. The summed E-state index contributed by atoms with van der Waals surface area (Å²) >= 11 is 5.36. The van der Waals surface area contributed by atoms with Gasteiger partial charge in [-0.25, -0.2) is 0 Å². The second-order valence-electron chi connectivity index (χ2n) is 5.69. The van der Waals surface area contributed by atoms with Crippen LogP contribution in [-0.2, 0) is 19.5 Å². The lowest BCUT2D eigenvalue weighted by Gasteiger charge is -2.29. The van der Waals surface area contributed by atoms with E-state index in [2.05, 4.69) is 34.1 Å². The van der Waals surface area contributed by atoms with Crippen molar-refractivity contribution in [2.45, 2.75) is 19.5 Å². The zero-order chi connectivity index (χ0) is 16.2. The van der Waals surface area contributed by atoms with Crippen LogP contribution in [0.5, 0.6) is 0 Å². The lowest BCUT2D eigenvalue weighted by atomic mass is 10.0. The average molecular weight is 322 g/mol. The van der Waals surface area contributed by atoms with Crippen LogP contribution in [0.2, 0.25) is 0 Å². The molecule has 0 fully saturated rings. The summed E-state index contributed by atoms with van der Waals surface area (Å²) in [6.07, 6.45) is 2.27. The molecule has 0 radical (unpaired) electrons. The summed E-state index contributed by atoms with van der Waals surface area (Å²) in [7, 11) is 0. The first-order chi connectivity index (χ1) is 11.2. The number of rotatable bonds is 3. The van der Waals surface area contributed by atoms with E-state index in [9.17, 15) is 0 Å². The summed E-state index contributed by atoms with van der Waals surface area (Å²) in [6, 6.07) is 14.4. The van der Waals surface area contributed by atoms with E-state index < -0.39 is 0 Å². The fourth-order valence-electron chi connectivity index (χ4n) is 2.90. The summed E-state index contributed by atoms with van der Waals surface area (Å²) in [5.41, 5.74) is 10.8. The van der Waals surface area contributed by atoms with Crippen molar-refractivity contribution in [1.29, 1.82) is 5.26 Å². The van der Waals surface area contributed by atoms with Gasteiger partial charge in [0.2, 0.25) is 0 Å². The molecule has 2 aromatic rings. The van der Waals surface area contributed by atoms with Crippen LogP contribution >= 0.6 is 12.2 Å². The first kappa shape index (κ1) is 15.5. The molecular weight excluding hydrogens is 304 g/mol. The Morgan fingerprint density at radius 1 is 1.39 bits per heavy atom. The topological polar surface area (TPSA) is 68.8 Å². The molecule has 0 aliphatic carbocycles. The van der Waals surface area contributed by atoms with Crippen molar-refractivity contribution >= 4 is 17.9 Å². The van der Waals surface area contributed by atoms with Crippen LogP contribution in [0.25, 0.3) is 5.70 Å². The highest BCUT2D eigenvalue weighted by Crippen LogP contribution is 2.22. The van der Waals surface area contributed by atoms with Gasteiger partial charge in [-0.1, -0.05) is 42.5 Å². The molecule has 0 amide bonds. The van der Waals surface area contributed by atoms with Gasteiger partial charge >= 0.3 is 0 Å². The van der Waals surface area contributed by atoms with Gasteiger partial charge in [-0.3, -0.25) is 4.90 Å². The number of aromatic nitrogens is 1. The van der Waals surface area contributed by atoms with E-state index >= 15 is 0 Å². The van der Waals surface area contributed by atoms with Crippen LogP contribution in [0.15, 0.2) is 42.5 Å². The van der Waals surface area contributed by atoms with Gasteiger partial charge in [0.05, 0.1) is 11.8 Å². The molecule has 0 saturated heterocycles. The molecule has 3 N–H and O–H groups in total. The Morgan fingerprint density at radius 3 is 2.91 bits per heavy atom. The Hall–Kier alpha value is -2.42. The Balaban J connectivity index is 1.85. The van der Waals surface area contributed by atoms with Gasteiger partial charge in [0.15, 0.2) is 0 Å². The first-order valence-corrected chi connectivity index (χ1v) is 7.95. The van der Waals surface area contributed by atoms with Crippen LogP contribution in [0, 0.1) is 16.0 Å². The number of fused-ring (bicyclic) bond motifs is 1. The SMILES string of the molecule is N#C/C=C(\N)c1cc2c([nH]c1=S)CCN(Cc1ccccc1)C2. The second kappa shape index (κ2) is 6.78. The van der Waals surface area contributed by atoms with Gasteiger partial charge in [-0.15, -0.1) is 0 Å². The number of allylic oxidation sites excluding steroid dienone is 1. The zero-order valence-electron chi connectivity index (χ0n) is 12.7. The highest BCUT2D eigenvalue weighted by Gasteiger charge is 2.18. The van der Waals surface area contributed by atoms with Crippen molar-refractivity contribution < 1.29 is 0 Å². The van der Waals surface area contributed by atoms with E-state index in [0.29, 0.717) is 10.3 Å². The number of nitrogens with one attached hydrogen (secondary N) is 1. The fourth-order valence-corrected chi connectivity index (χ4v) is 3.20. The normalized spacial score (nSPS) is 15.0. The van der Waals surface area contributed by atoms with Crippen LogP contribution in [0.1, 0.15) is 22.4 Å². The Labute approximate surface area is 140 Å². The van der Waals surface area contributed by atoms with Gasteiger partial charge in [-0.2, -0.15) is 5.26 Å². The molecule has 0 saturated carbocycles. The highest BCUT2D eigenvalue weighted by atomic mass is 32.1. The van der Waals surface area contributed by atoms with Crippen molar-refractivity contribution in [3.8, 4) is 6.07 Å². The molecule has 1 aromatic carbocycles. The standard InChI is InChI=1S/C18H18N4S/c19-8-6-16(20)15-10-14-12-22(9-7-17(14)21-18(15)23)11-13-4-2-1-3-5-13/h1-6,10H,7,9,11-12,20H2,(H,21,23)/b16-6-. The predicted octanol–water partition coefficient (Wildman–Crippen LogP) is 3.13. The van der Waals surface area contributed by atoms with Gasteiger partial charge in [0.1, 0.15) is 4.64 Å². The number of H-pyrrole nitrogens is 1. The summed E-state index contributed by atoms with van der Waals surface area (Å²) in [5, 5.41) is 8.77. The van der Waals surface area contributed by atoms with Crippen LogP contribution in [0.4, 0.5) is 0 Å². The molecular formula is C18H18N4S. The molecule has 1 aliphatic rings. The highest BCUT2D eigenvalue weighted by molar-refractivity contribution is 7.71. The zero-order valence-corrected chi connectivity index (χ0v) is 13.6. The number of benzene rings is 1. The molecule has 0 atom stereocenters. The largest absolute Gasteiger partial charge is 0.398 e. The number of nitrogens with zero attached hydrogens (tertiary/aromatic N) is 2. The van der Waals surface area contributed by atoms with Crippen molar-refractivity contribution in [3.05, 3.63) is 69.5 Å². The molecule has 2 heterocycles. The number of hydrogen-bond acceptors (Lipinski definition) is 4. The third kappa shape index (κ3) is 3.50. The second-order valence-corrected chi connectivity index (χ2v) is 6.10. The molecule has 1 aromatic heterocycles. The quantitative estimate of drug-likeness (QED) is 0.673. The first-order valence-electron chi connectivity index (χ1n) is 7.54. The summed E-state index contributed by atoms with van der Waals surface area (Å²) in [6.45, 7) is 2.77. The van der Waals surface area contributed by atoms with Crippen molar-refractivity contribution in [3.63, 3.8) is 0 Å². The Morgan fingerprint density at radius 2 is 2.17 bits per heavy atom. The van der Waals surface area contributed by atoms with Gasteiger partial charge in [0.25, 0.3) is 0 Å². The average Bonchev–Trinajstić information content (AvgIpc) is 2.55. The van der Waals surface area contributed by atoms with Gasteiger partial charge in [-0.05, 0) is 17.2 Å². The molecule has 0 spiro atoms. The van der Waals surface area contributed by atoms with E-state index in [1.807, 2.05) is 18.2 Å². The number of aromatic amines is 1. The van der Waals surface area contributed by atoms with Crippen molar-refractivity contribution in [1.82, 2.24) is 9.88 Å². The number of nitriles is 1. The minimum Gasteiger partial charge on any atom is -0.398 e. The van der Waals surface area contributed by atoms with Crippen molar-refractivity contribution in [2.75, 3.05) is 6.54 Å². The van der Waals surface area contributed by atoms with E-state index in [1.165, 1.54) is 22.9 Å². The van der Waals surface area contributed by atoms with Crippen molar-refractivity contribution in [2.24, 2.45) is 5.73 Å². The molecule has 3 rings (SSSR count). The molecule has 116 valence electrons. The predicted molar refractivity (Wildman–Crippen MR) is 93.7 cm³/mol. The monoisotopic (exact) mass is 322 g/mol. The summed E-state index contributed by atoms with van der Waals surface area (Å²) in [5.74, 6) is 0. The number of hydrogen-bond donors (Lipinski definition) is 2. The molecule has 5 heteroatoms. The third-order valence-electron chi connectivity index (χ3n) is 4.07. The molecule has 23 heavy (non-hydrogen) atoms. The summed E-state index contributed by atoms with van der Waals surface area (Å²) < 4.78 is 0.601. The van der Waals surface area contributed by atoms with E-state index in [1.54, 1.807) is 0 Å². The van der Waals surface area contributed by atoms with Gasteiger partial charge in [0, 0.05) is 43.4 Å². The molecule has 1 aliphatic heterocycles. The smallest absolute Gasteiger partial charge is 0.112 e. The Bertz CT molecular complexity index is 830. The maximum atomic E-state index is 8.77. The molecule has 0 bridgehead atoms. The maximum absolute atomic E-state index is 8.77. The van der Waals surface area contributed by atoms with Gasteiger partial charge < -0.3 is 10.7 Å². The number of pyridine rings is 1. The summed E-state index contributed by atoms with van der Waals surface area (Å²) in [4.78, 5) is 5.68. The van der Waals surface area contributed by atoms with Crippen LogP contribution in [0.3, 0.4) is 0 Å². The molecule has 0 unspecified atom stereocenters. The Kier molecular flexibility index (Phi) is 4.56. The lowest BCUT2D eigenvalue weighted by molar-refractivity contribution is 0.243. The van der Waals surface area contributed by atoms with Crippen LogP contribution in [-0.4, -0.2) is 16.4 Å². The fraction of sp³-hybridized carbons (Fsp3) is 0.222. The van der Waals surface area contributed by atoms with E-state index in [4.69, 9.17) is 23.2 Å². The lowest BCUT2D eigenvalue weighted by Crippen LogP contribution is -2.31. The number of nitrogens with two attached hydrogens (primary N) is 1. The minimum absolute atomic E-state index is 0.414. The van der Waals surface area contributed by atoms with E-state index in [-0.39, 0.29) is 0 Å². The maximum Gasteiger partial charge on any atom is 0.112 e. The molecule has 4 nitrogen and oxygen atoms in total. The minimum atomic E-state index is 0.414.